The summed E-state index contributed by atoms with van der Waals surface area (Å²) in [5.41, 5.74) is 5.43. The van der Waals surface area contributed by atoms with Crippen LogP contribution in [0.15, 0.2) is 78.5 Å². The standard InChI is InChI=1S/C26H23ClN2O2/c1-17-8-13-22(18(2)16-17)28-24-23(20-6-4-3-5-7-20)25(30)29(26(24)31)15-14-19-9-11-21(27)12-10-19/h3-13,16,28H,14-15H2,1-2H3. The Kier molecular flexibility index (Phi) is 5.92. The first-order valence-corrected chi connectivity index (χ1v) is 10.6. The molecule has 0 saturated carbocycles. The van der Waals surface area contributed by atoms with Crippen molar-refractivity contribution in [2.75, 3.05) is 11.9 Å². The summed E-state index contributed by atoms with van der Waals surface area (Å²) in [6.45, 7) is 4.31. The maximum atomic E-state index is 13.3. The SMILES string of the molecule is Cc1ccc(NC2=C(c3ccccc3)C(=O)N(CCc3ccc(Cl)cc3)C2=O)c(C)c1. The van der Waals surface area contributed by atoms with Crippen LogP contribution < -0.4 is 5.32 Å². The van der Waals surface area contributed by atoms with E-state index in [4.69, 9.17) is 11.6 Å². The number of anilines is 1. The lowest BCUT2D eigenvalue weighted by atomic mass is 10.0. The van der Waals surface area contributed by atoms with Gasteiger partial charge in [0.15, 0.2) is 0 Å². The van der Waals surface area contributed by atoms with E-state index in [1.165, 1.54) is 4.90 Å². The smallest absolute Gasteiger partial charge is 0.278 e. The van der Waals surface area contributed by atoms with Gasteiger partial charge >= 0.3 is 0 Å². The molecule has 0 radical (unpaired) electrons. The first-order chi connectivity index (χ1) is 14.9. The molecule has 31 heavy (non-hydrogen) atoms. The van der Waals surface area contributed by atoms with Gasteiger partial charge in [-0.2, -0.15) is 0 Å². The third-order valence-corrected chi connectivity index (χ3v) is 5.66. The number of hydrogen-bond acceptors (Lipinski definition) is 3. The summed E-state index contributed by atoms with van der Waals surface area (Å²) in [6, 6.07) is 22.7. The molecular weight excluding hydrogens is 408 g/mol. The zero-order valence-electron chi connectivity index (χ0n) is 17.5. The summed E-state index contributed by atoms with van der Waals surface area (Å²) in [5.74, 6) is -0.588. The first-order valence-electron chi connectivity index (χ1n) is 10.2. The van der Waals surface area contributed by atoms with Crippen LogP contribution in [0.5, 0.6) is 0 Å². The monoisotopic (exact) mass is 430 g/mol. The Hall–Kier alpha value is -3.37. The number of amides is 2. The van der Waals surface area contributed by atoms with Gasteiger partial charge in [-0.1, -0.05) is 71.8 Å². The van der Waals surface area contributed by atoms with E-state index in [-0.39, 0.29) is 11.8 Å². The van der Waals surface area contributed by atoms with Crippen LogP contribution in [-0.2, 0) is 16.0 Å². The van der Waals surface area contributed by atoms with Crippen molar-refractivity contribution in [2.24, 2.45) is 0 Å². The predicted octanol–water partition coefficient (Wildman–Crippen LogP) is 5.39. The van der Waals surface area contributed by atoms with Crippen LogP contribution in [0, 0.1) is 13.8 Å². The summed E-state index contributed by atoms with van der Waals surface area (Å²) in [5, 5.41) is 3.91. The van der Waals surface area contributed by atoms with Gasteiger partial charge in [0.2, 0.25) is 0 Å². The van der Waals surface area contributed by atoms with Gasteiger partial charge in [-0.15, -0.1) is 0 Å². The van der Waals surface area contributed by atoms with Crippen molar-refractivity contribution in [1.82, 2.24) is 4.90 Å². The molecule has 0 spiro atoms. The van der Waals surface area contributed by atoms with E-state index in [1.54, 1.807) is 0 Å². The molecule has 0 saturated heterocycles. The number of nitrogens with one attached hydrogen (secondary N) is 1. The highest BCUT2D eigenvalue weighted by Crippen LogP contribution is 2.31. The molecule has 0 fully saturated rings. The highest BCUT2D eigenvalue weighted by Gasteiger charge is 2.39. The van der Waals surface area contributed by atoms with Gasteiger partial charge < -0.3 is 5.32 Å². The lowest BCUT2D eigenvalue weighted by molar-refractivity contribution is -0.136. The van der Waals surface area contributed by atoms with E-state index in [2.05, 4.69) is 5.32 Å². The summed E-state index contributed by atoms with van der Waals surface area (Å²) in [4.78, 5) is 28.0. The summed E-state index contributed by atoms with van der Waals surface area (Å²) < 4.78 is 0. The minimum atomic E-state index is -0.308. The van der Waals surface area contributed by atoms with Crippen molar-refractivity contribution in [3.05, 3.63) is 106 Å². The second kappa shape index (κ2) is 8.78. The predicted molar refractivity (Wildman–Crippen MR) is 125 cm³/mol. The fourth-order valence-corrected chi connectivity index (χ4v) is 3.87. The quantitative estimate of drug-likeness (QED) is 0.533. The van der Waals surface area contributed by atoms with Gasteiger partial charge in [-0.25, -0.2) is 0 Å². The number of imide groups is 1. The number of halogens is 1. The number of benzene rings is 3. The highest BCUT2D eigenvalue weighted by molar-refractivity contribution is 6.36. The zero-order valence-corrected chi connectivity index (χ0v) is 18.2. The molecule has 4 rings (SSSR count). The molecule has 1 heterocycles. The largest absolute Gasteiger partial charge is 0.350 e. The molecule has 0 bridgehead atoms. The maximum absolute atomic E-state index is 13.3. The molecule has 156 valence electrons. The second-order valence-electron chi connectivity index (χ2n) is 7.70. The molecule has 0 aromatic heterocycles. The summed E-state index contributed by atoms with van der Waals surface area (Å²) in [6.07, 6.45) is 0.563. The molecule has 2 amide bonds. The van der Waals surface area contributed by atoms with Gasteiger partial charge in [-0.3, -0.25) is 14.5 Å². The lowest BCUT2D eigenvalue weighted by Crippen LogP contribution is -2.34. The van der Waals surface area contributed by atoms with Gasteiger partial charge in [-0.05, 0) is 55.2 Å². The molecule has 1 aliphatic heterocycles. The van der Waals surface area contributed by atoms with Crippen molar-refractivity contribution in [2.45, 2.75) is 20.3 Å². The molecule has 3 aromatic rings. The number of aryl methyl sites for hydroxylation is 2. The minimum Gasteiger partial charge on any atom is -0.350 e. The molecule has 3 aromatic carbocycles. The van der Waals surface area contributed by atoms with Crippen molar-refractivity contribution < 1.29 is 9.59 Å². The molecule has 1 N–H and O–H groups in total. The average molecular weight is 431 g/mol. The van der Waals surface area contributed by atoms with Gasteiger partial charge in [0.1, 0.15) is 5.70 Å². The maximum Gasteiger partial charge on any atom is 0.278 e. The lowest BCUT2D eigenvalue weighted by Gasteiger charge is -2.16. The van der Waals surface area contributed by atoms with E-state index in [0.717, 1.165) is 27.9 Å². The van der Waals surface area contributed by atoms with E-state index in [0.29, 0.717) is 29.3 Å². The van der Waals surface area contributed by atoms with E-state index >= 15 is 0 Å². The Balaban J connectivity index is 1.66. The Labute approximate surface area is 187 Å². The third-order valence-electron chi connectivity index (χ3n) is 5.41. The van der Waals surface area contributed by atoms with Crippen molar-refractivity contribution in [3.63, 3.8) is 0 Å². The fourth-order valence-electron chi connectivity index (χ4n) is 3.75. The Morgan fingerprint density at radius 1 is 0.871 bits per heavy atom. The number of hydrogen-bond donors (Lipinski definition) is 1. The van der Waals surface area contributed by atoms with Crippen LogP contribution >= 0.6 is 11.6 Å². The van der Waals surface area contributed by atoms with Crippen molar-refractivity contribution in [1.29, 1.82) is 0 Å². The van der Waals surface area contributed by atoms with Crippen LogP contribution in [0.2, 0.25) is 5.02 Å². The van der Waals surface area contributed by atoms with Crippen molar-refractivity contribution in [3.8, 4) is 0 Å². The summed E-state index contributed by atoms with van der Waals surface area (Å²) >= 11 is 5.96. The fraction of sp³-hybridized carbons (Fsp3) is 0.154. The second-order valence-corrected chi connectivity index (χ2v) is 8.13. The van der Waals surface area contributed by atoms with Crippen LogP contribution in [0.3, 0.4) is 0 Å². The van der Waals surface area contributed by atoms with Gasteiger partial charge in [0, 0.05) is 17.3 Å². The van der Waals surface area contributed by atoms with Crippen LogP contribution in [0.4, 0.5) is 5.69 Å². The van der Waals surface area contributed by atoms with E-state index in [9.17, 15) is 9.59 Å². The minimum absolute atomic E-state index is 0.280. The average Bonchev–Trinajstić information content (AvgIpc) is 2.99. The number of nitrogens with zero attached hydrogens (tertiary/aromatic N) is 1. The molecular formula is C26H23ClN2O2. The van der Waals surface area contributed by atoms with E-state index in [1.807, 2.05) is 86.6 Å². The number of rotatable bonds is 6. The number of carbonyl (C=O) groups is 2. The third kappa shape index (κ3) is 4.39. The normalized spacial score (nSPS) is 13.8. The molecule has 0 aliphatic carbocycles. The molecule has 5 heteroatoms. The Morgan fingerprint density at radius 2 is 1.58 bits per heavy atom. The number of carbonyl (C=O) groups excluding carboxylic acids is 2. The Bertz CT molecular complexity index is 1170. The van der Waals surface area contributed by atoms with Gasteiger partial charge in [0.05, 0.1) is 5.57 Å². The van der Waals surface area contributed by atoms with Crippen LogP contribution in [0.1, 0.15) is 22.3 Å². The molecule has 0 atom stereocenters. The topological polar surface area (TPSA) is 49.4 Å². The molecule has 1 aliphatic rings. The van der Waals surface area contributed by atoms with Crippen molar-refractivity contribution >= 4 is 34.7 Å². The first kappa shape index (κ1) is 20.9. The van der Waals surface area contributed by atoms with Crippen LogP contribution in [-0.4, -0.2) is 23.3 Å². The van der Waals surface area contributed by atoms with Crippen LogP contribution in [0.25, 0.3) is 5.57 Å². The highest BCUT2D eigenvalue weighted by atomic mass is 35.5. The van der Waals surface area contributed by atoms with Gasteiger partial charge in [0.25, 0.3) is 11.8 Å². The molecule has 4 nitrogen and oxygen atoms in total. The molecule has 0 unspecified atom stereocenters. The summed E-state index contributed by atoms with van der Waals surface area (Å²) in [7, 11) is 0. The zero-order chi connectivity index (χ0) is 22.0. The Morgan fingerprint density at radius 3 is 2.26 bits per heavy atom. The van der Waals surface area contributed by atoms with E-state index < -0.39 is 0 Å².